The maximum atomic E-state index is 12.3. The molecule has 5 nitrogen and oxygen atoms in total. The minimum absolute atomic E-state index is 0.0638. The van der Waals surface area contributed by atoms with E-state index < -0.39 is 29.7 Å². The average Bonchev–Trinajstić information content (AvgIpc) is 2.39. The van der Waals surface area contributed by atoms with E-state index >= 15 is 0 Å². The molecule has 99 valence electrons. The van der Waals surface area contributed by atoms with Crippen LogP contribution in [0.5, 0.6) is 0 Å². The lowest BCUT2D eigenvalue weighted by atomic mass is 10.4. The number of hydrogen-bond acceptors (Lipinski definition) is 4. The molecule has 1 radical (unpaired) electrons. The van der Waals surface area contributed by atoms with Crippen molar-refractivity contribution in [2.45, 2.75) is 14.7 Å². The molecule has 0 aromatic heterocycles. The first-order valence-corrected chi connectivity index (χ1v) is 8.08. The van der Waals surface area contributed by atoms with Gasteiger partial charge in [-0.15, -0.1) is 0 Å². The summed E-state index contributed by atoms with van der Waals surface area (Å²) in [7, 11) is -8.89. The van der Waals surface area contributed by atoms with Crippen molar-refractivity contribution < 1.29 is 21.4 Å². The van der Waals surface area contributed by atoms with Gasteiger partial charge in [0.25, 0.3) is 0 Å². The molecule has 0 atom stereocenters. The molecule has 2 aromatic carbocycles. The van der Waals surface area contributed by atoms with Gasteiger partial charge in [-0.05, 0) is 24.3 Å². The Morgan fingerprint density at radius 2 is 1.11 bits per heavy atom. The Morgan fingerprint density at radius 3 is 1.63 bits per heavy atom. The lowest BCUT2D eigenvalue weighted by Gasteiger charge is -2.07. The zero-order chi connectivity index (χ0) is 14.1. The molecule has 0 aliphatic rings. The van der Waals surface area contributed by atoms with E-state index in [1.807, 2.05) is 0 Å². The number of rotatable bonds is 3. The van der Waals surface area contributed by atoms with E-state index in [0.29, 0.717) is 0 Å². The standard InChI is InChI=1S/C12H9O5S2/c13-18(14,10-6-2-1-3-7-10)11-8-4-5-9-12(11)19(15,16)17/h1-9H. The quantitative estimate of drug-likeness (QED) is 0.861. The van der Waals surface area contributed by atoms with Crippen molar-refractivity contribution in [1.82, 2.24) is 0 Å². The minimum atomic E-state index is -4.85. The third kappa shape index (κ3) is 2.67. The van der Waals surface area contributed by atoms with Crippen LogP contribution in [0.15, 0.2) is 69.3 Å². The van der Waals surface area contributed by atoms with E-state index in [1.165, 1.54) is 36.4 Å². The van der Waals surface area contributed by atoms with Gasteiger partial charge in [0, 0.05) is 0 Å². The van der Waals surface area contributed by atoms with Crippen molar-refractivity contribution in [3.05, 3.63) is 54.6 Å². The molecular weight excluding hydrogens is 288 g/mol. The molecule has 0 heterocycles. The van der Waals surface area contributed by atoms with Crippen LogP contribution >= 0.6 is 0 Å². The van der Waals surface area contributed by atoms with Gasteiger partial charge >= 0.3 is 10.1 Å². The molecule has 7 heteroatoms. The summed E-state index contributed by atoms with van der Waals surface area (Å²) in [6, 6.07) is 12.1. The van der Waals surface area contributed by atoms with Gasteiger partial charge in [-0.25, -0.2) is 8.42 Å². The summed E-state index contributed by atoms with van der Waals surface area (Å²) < 4.78 is 57.9. The van der Waals surface area contributed by atoms with Crippen LogP contribution in [-0.2, 0) is 24.5 Å². The van der Waals surface area contributed by atoms with E-state index in [1.54, 1.807) is 6.07 Å². The van der Waals surface area contributed by atoms with Crippen molar-refractivity contribution in [3.8, 4) is 0 Å². The summed E-state index contributed by atoms with van der Waals surface area (Å²) in [6.45, 7) is 0. The summed E-state index contributed by atoms with van der Waals surface area (Å²) in [6.07, 6.45) is 0. The summed E-state index contributed by atoms with van der Waals surface area (Å²) in [5, 5.41) is 0. The fourth-order valence-electron chi connectivity index (χ4n) is 1.61. The largest absolute Gasteiger partial charge is 0.325 e. The molecule has 0 aliphatic heterocycles. The highest BCUT2D eigenvalue weighted by Crippen LogP contribution is 2.26. The van der Waals surface area contributed by atoms with Crippen molar-refractivity contribution >= 4 is 20.0 Å². The molecule has 0 amide bonds. The van der Waals surface area contributed by atoms with E-state index in [0.717, 1.165) is 12.1 Å². The van der Waals surface area contributed by atoms with Crippen molar-refractivity contribution in [1.29, 1.82) is 0 Å². The van der Waals surface area contributed by atoms with Gasteiger partial charge in [-0.1, -0.05) is 34.9 Å². The fraction of sp³-hybridized carbons (Fsp3) is 0. The van der Waals surface area contributed by atoms with Gasteiger partial charge in [0.05, 0.1) is 9.79 Å². The van der Waals surface area contributed by atoms with E-state index in [-0.39, 0.29) is 4.90 Å². The molecule has 0 saturated carbocycles. The van der Waals surface area contributed by atoms with Crippen LogP contribution in [-0.4, -0.2) is 16.8 Å². The van der Waals surface area contributed by atoms with Crippen LogP contribution in [0.4, 0.5) is 0 Å². The van der Waals surface area contributed by atoms with Crippen LogP contribution in [0.2, 0.25) is 0 Å². The smallest absolute Gasteiger partial charge is 0.218 e. The van der Waals surface area contributed by atoms with Crippen LogP contribution < -0.4 is 0 Å². The van der Waals surface area contributed by atoms with Crippen molar-refractivity contribution in [3.63, 3.8) is 0 Å². The first-order chi connectivity index (χ1) is 8.83. The first kappa shape index (κ1) is 13.7. The Morgan fingerprint density at radius 1 is 0.632 bits per heavy atom. The first-order valence-electron chi connectivity index (χ1n) is 5.18. The zero-order valence-corrected chi connectivity index (χ0v) is 11.2. The Balaban J connectivity index is 2.74. The normalized spacial score (nSPS) is 12.3. The second-order valence-electron chi connectivity index (χ2n) is 3.72. The second-order valence-corrected chi connectivity index (χ2v) is 6.98. The van der Waals surface area contributed by atoms with E-state index in [2.05, 4.69) is 0 Å². The van der Waals surface area contributed by atoms with Gasteiger partial charge in [-0.3, -0.25) is 0 Å². The molecule has 2 rings (SSSR count). The Bertz CT molecular complexity index is 793. The van der Waals surface area contributed by atoms with Crippen molar-refractivity contribution in [2.75, 3.05) is 0 Å². The highest BCUT2D eigenvalue weighted by Gasteiger charge is 2.26. The summed E-state index contributed by atoms with van der Waals surface area (Å²) in [5.41, 5.74) is 0. The fourth-order valence-corrected chi connectivity index (χ4v) is 4.16. The van der Waals surface area contributed by atoms with Gasteiger partial charge in [-0.2, -0.15) is 8.42 Å². The Kier molecular flexibility index (Phi) is 3.44. The lowest BCUT2D eigenvalue weighted by molar-refractivity contribution is 0.412. The zero-order valence-electron chi connectivity index (χ0n) is 9.55. The maximum absolute atomic E-state index is 12.3. The summed E-state index contributed by atoms with van der Waals surface area (Å²) in [5.74, 6) is 0. The molecule has 0 saturated heterocycles. The molecule has 0 N–H and O–H groups in total. The monoisotopic (exact) mass is 297 g/mol. The van der Waals surface area contributed by atoms with Crippen LogP contribution in [0, 0.1) is 0 Å². The number of hydrogen-bond donors (Lipinski definition) is 0. The van der Waals surface area contributed by atoms with Crippen LogP contribution in [0.25, 0.3) is 0 Å². The van der Waals surface area contributed by atoms with Crippen LogP contribution in [0.1, 0.15) is 0 Å². The van der Waals surface area contributed by atoms with Gasteiger partial charge in [0.2, 0.25) is 9.84 Å². The summed E-state index contributed by atoms with van der Waals surface area (Å²) in [4.78, 5) is -1.30. The third-order valence-corrected chi connectivity index (χ3v) is 5.31. The molecule has 0 spiro atoms. The number of sulfone groups is 1. The Labute approximate surface area is 111 Å². The lowest BCUT2D eigenvalue weighted by Crippen LogP contribution is -2.08. The molecule has 19 heavy (non-hydrogen) atoms. The predicted octanol–water partition coefficient (Wildman–Crippen LogP) is 1.64. The van der Waals surface area contributed by atoms with Gasteiger partial charge < -0.3 is 0 Å². The molecule has 0 fully saturated rings. The van der Waals surface area contributed by atoms with Crippen molar-refractivity contribution in [2.24, 2.45) is 0 Å². The second kappa shape index (κ2) is 4.76. The van der Waals surface area contributed by atoms with Crippen LogP contribution in [0.3, 0.4) is 0 Å². The predicted molar refractivity (Wildman–Crippen MR) is 66.2 cm³/mol. The SMILES string of the molecule is [O]S(=O)(=O)c1ccccc1S(=O)(=O)c1ccccc1. The highest BCUT2D eigenvalue weighted by atomic mass is 32.2. The topological polar surface area (TPSA) is 88.2 Å². The average molecular weight is 297 g/mol. The highest BCUT2D eigenvalue weighted by molar-refractivity contribution is 7.92. The number of benzene rings is 2. The third-order valence-electron chi connectivity index (χ3n) is 2.46. The molecule has 2 aromatic rings. The van der Waals surface area contributed by atoms with E-state index in [9.17, 15) is 21.4 Å². The van der Waals surface area contributed by atoms with Gasteiger partial charge in [0.15, 0.2) is 0 Å². The molecule has 0 aliphatic carbocycles. The molecular formula is C12H9O5S2. The Hall–Kier alpha value is -1.70. The van der Waals surface area contributed by atoms with Gasteiger partial charge in [0.1, 0.15) is 4.90 Å². The molecule has 0 bridgehead atoms. The maximum Gasteiger partial charge on any atom is 0.325 e. The molecule has 0 unspecified atom stereocenters. The summed E-state index contributed by atoms with van der Waals surface area (Å²) >= 11 is 0. The van der Waals surface area contributed by atoms with E-state index in [4.69, 9.17) is 0 Å². The minimum Gasteiger partial charge on any atom is -0.218 e.